The average Bonchev–Trinajstić information content (AvgIpc) is 3.28. The van der Waals surface area contributed by atoms with Crippen molar-refractivity contribution in [3.8, 4) is 11.3 Å². The van der Waals surface area contributed by atoms with Gasteiger partial charge in [0.2, 0.25) is 0 Å². The van der Waals surface area contributed by atoms with Gasteiger partial charge in [-0.25, -0.2) is 4.98 Å². The van der Waals surface area contributed by atoms with Crippen molar-refractivity contribution in [2.45, 2.75) is 0 Å². The van der Waals surface area contributed by atoms with Crippen molar-refractivity contribution in [1.29, 1.82) is 0 Å². The first kappa shape index (κ1) is 20.9. The number of aromatic nitrogens is 1. The summed E-state index contributed by atoms with van der Waals surface area (Å²) in [6.07, 6.45) is 0. The van der Waals surface area contributed by atoms with E-state index in [2.05, 4.69) is 15.6 Å². The van der Waals surface area contributed by atoms with Crippen molar-refractivity contribution in [3.05, 3.63) is 105 Å². The Hall–Kier alpha value is -4.37. The summed E-state index contributed by atoms with van der Waals surface area (Å²) in [5.41, 5.74) is 2.71. The number of anilines is 2. The van der Waals surface area contributed by atoms with Crippen LogP contribution in [0.2, 0.25) is 0 Å². The zero-order valence-electron chi connectivity index (χ0n) is 16.5. The quantitative estimate of drug-likeness (QED) is 0.312. The maximum Gasteiger partial charge on any atom is 0.270 e. The monoisotopic (exact) mass is 444 g/mol. The second-order valence-corrected chi connectivity index (χ2v) is 7.56. The van der Waals surface area contributed by atoms with E-state index >= 15 is 0 Å². The number of hydrogen-bond donors (Lipinski definition) is 2. The lowest BCUT2D eigenvalue weighted by Crippen LogP contribution is -2.12. The van der Waals surface area contributed by atoms with Gasteiger partial charge in [-0.3, -0.25) is 25.0 Å². The third-order valence-electron chi connectivity index (χ3n) is 4.52. The van der Waals surface area contributed by atoms with E-state index in [1.54, 1.807) is 41.8 Å². The molecule has 0 saturated carbocycles. The lowest BCUT2D eigenvalue weighted by Gasteiger charge is -2.06. The highest BCUT2D eigenvalue weighted by Gasteiger charge is 2.14. The van der Waals surface area contributed by atoms with Gasteiger partial charge < -0.3 is 5.32 Å². The highest BCUT2D eigenvalue weighted by molar-refractivity contribution is 7.14. The Kier molecular flexibility index (Phi) is 6.00. The summed E-state index contributed by atoms with van der Waals surface area (Å²) < 4.78 is 0. The first-order valence-electron chi connectivity index (χ1n) is 9.48. The number of hydrogen-bond acceptors (Lipinski definition) is 6. The fourth-order valence-electron chi connectivity index (χ4n) is 2.91. The molecule has 32 heavy (non-hydrogen) atoms. The number of carbonyl (C=O) groups excluding carboxylic acids is 2. The highest BCUT2D eigenvalue weighted by Crippen LogP contribution is 2.26. The number of nitro groups is 1. The summed E-state index contributed by atoms with van der Waals surface area (Å²) in [6, 6.07) is 21.6. The lowest BCUT2D eigenvalue weighted by atomic mass is 10.1. The molecule has 0 saturated heterocycles. The Morgan fingerprint density at radius 2 is 1.53 bits per heavy atom. The van der Waals surface area contributed by atoms with Gasteiger partial charge in [-0.05, 0) is 30.3 Å². The maximum atomic E-state index is 12.4. The average molecular weight is 444 g/mol. The number of benzene rings is 3. The predicted molar refractivity (Wildman–Crippen MR) is 123 cm³/mol. The molecule has 0 radical (unpaired) electrons. The molecule has 8 nitrogen and oxygen atoms in total. The summed E-state index contributed by atoms with van der Waals surface area (Å²) in [5, 5.41) is 18.6. The Morgan fingerprint density at radius 1 is 0.844 bits per heavy atom. The van der Waals surface area contributed by atoms with Crippen LogP contribution in [-0.4, -0.2) is 21.7 Å². The summed E-state index contributed by atoms with van der Waals surface area (Å²) >= 11 is 1.24. The summed E-state index contributed by atoms with van der Waals surface area (Å²) in [7, 11) is 0. The van der Waals surface area contributed by atoms with E-state index in [0.29, 0.717) is 22.1 Å². The second kappa shape index (κ2) is 9.19. The number of rotatable bonds is 6. The van der Waals surface area contributed by atoms with Crippen LogP contribution in [-0.2, 0) is 0 Å². The summed E-state index contributed by atoms with van der Waals surface area (Å²) in [5.74, 6) is -0.674. The number of nitrogens with one attached hydrogen (secondary N) is 2. The normalized spacial score (nSPS) is 10.4. The molecule has 2 amide bonds. The summed E-state index contributed by atoms with van der Waals surface area (Å²) in [4.78, 5) is 39.4. The Balaban J connectivity index is 1.42. The van der Waals surface area contributed by atoms with Gasteiger partial charge in [-0.2, -0.15) is 0 Å². The van der Waals surface area contributed by atoms with E-state index in [9.17, 15) is 19.7 Å². The zero-order valence-corrected chi connectivity index (χ0v) is 17.3. The first-order chi connectivity index (χ1) is 15.5. The lowest BCUT2D eigenvalue weighted by molar-refractivity contribution is -0.384. The number of nitro benzene ring substituents is 1. The number of nitrogens with zero attached hydrogens (tertiary/aromatic N) is 2. The van der Waals surface area contributed by atoms with E-state index in [1.807, 2.05) is 18.2 Å². The number of non-ortho nitro benzene ring substituents is 1. The van der Waals surface area contributed by atoms with E-state index < -0.39 is 10.8 Å². The molecule has 1 aromatic heterocycles. The van der Waals surface area contributed by atoms with Crippen molar-refractivity contribution in [2.75, 3.05) is 10.6 Å². The van der Waals surface area contributed by atoms with Gasteiger partial charge in [-0.15, -0.1) is 11.3 Å². The van der Waals surface area contributed by atoms with Crippen LogP contribution in [0.25, 0.3) is 11.3 Å². The molecule has 3 aromatic carbocycles. The molecule has 0 aliphatic rings. The molecular formula is C23H16N4O4S. The molecule has 0 bridgehead atoms. The van der Waals surface area contributed by atoms with E-state index in [0.717, 1.165) is 5.56 Å². The third-order valence-corrected chi connectivity index (χ3v) is 5.28. The van der Waals surface area contributed by atoms with E-state index in [4.69, 9.17) is 0 Å². The van der Waals surface area contributed by atoms with Crippen molar-refractivity contribution in [3.63, 3.8) is 0 Å². The van der Waals surface area contributed by atoms with Crippen molar-refractivity contribution >= 4 is 39.7 Å². The van der Waals surface area contributed by atoms with Crippen LogP contribution in [0, 0.1) is 10.1 Å². The van der Waals surface area contributed by atoms with Crippen LogP contribution in [0.15, 0.2) is 84.2 Å². The molecular weight excluding hydrogens is 428 g/mol. The Bertz CT molecular complexity index is 1290. The number of carbonyl (C=O) groups is 2. The molecule has 0 unspecified atom stereocenters. The third kappa shape index (κ3) is 4.85. The molecule has 4 rings (SSSR count). The van der Waals surface area contributed by atoms with Crippen LogP contribution in [0.4, 0.5) is 16.5 Å². The molecule has 0 atom stereocenters. The minimum atomic E-state index is -0.551. The molecule has 0 aliphatic carbocycles. The molecule has 0 aliphatic heterocycles. The first-order valence-corrected chi connectivity index (χ1v) is 10.4. The molecule has 0 fully saturated rings. The predicted octanol–water partition coefficient (Wildman–Crippen LogP) is 5.22. The minimum Gasteiger partial charge on any atom is -0.322 e. The second-order valence-electron chi connectivity index (χ2n) is 6.70. The van der Waals surface area contributed by atoms with Crippen LogP contribution in [0.3, 0.4) is 0 Å². The van der Waals surface area contributed by atoms with Crippen molar-refractivity contribution < 1.29 is 14.5 Å². The fourth-order valence-corrected chi connectivity index (χ4v) is 3.63. The van der Waals surface area contributed by atoms with Crippen molar-refractivity contribution in [1.82, 2.24) is 4.98 Å². The van der Waals surface area contributed by atoms with E-state index in [1.165, 1.54) is 35.6 Å². The largest absolute Gasteiger partial charge is 0.322 e. The minimum absolute atomic E-state index is 0.156. The van der Waals surface area contributed by atoms with Gasteiger partial charge in [0.1, 0.15) is 0 Å². The Labute approximate surface area is 186 Å². The van der Waals surface area contributed by atoms with Crippen LogP contribution >= 0.6 is 11.3 Å². The van der Waals surface area contributed by atoms with Gasteiger partial charge in [0.15, 0.2) is 5.13 Å². The summed E-state index contributed by atoms with van der Waals surface area (Å²) in [6.45, 7) is 0. The molecule has 9 heteroatoms. The molecule has 0 spiro atoms. The number of amides is 2. The van der Waals surface area contributed by atoms with Crippen LogP contribution < -0.4 is 10.6 Å². The molecule has 158 valence electrons. The highest BCUT2D eigenvalue weighted by atomic mass is 32.1. The van der Waals surface area contributed by atoms with Crippen LogP contribution in [0.1, 0.15) is 20.7 Å². The van der Waals surface area contributed by atoms with Gasteiger partial charge in [-0.1, -0.05) is 36.4 Å². The zero-order chi connectivity index (χ0) is 22.5. The SMILES string of the molecule is O=C(Nc1ccc(-c2csc(NC(=O)c3cccc([N+](=O)[O-])c3)n2)cc1)c1ccccc1. The molecule has 1 heterocycles. The molecule has 2 N–H and O–H groups in total. The van der Waals surface area contributed by atoms with Crippen LogP contribution in [0.5, 0.6) is 0 Å². The van der Waals surface area contributed by atoms with E-state index in [-0.39, 0.29) is 17.2 Å². The standard InChI is InChI=1S/C23H16N4O4S/c28-21(16-5-2-1-3-6-16)24-18-11-9-15(10-12-18)20-14-32-23(25-20)26-22(29)17-7-4-8-19(13-17)27(30)31/h1-14H,(H,24,28)(H,25,26,29). The van der Waals surface area contributed by atoms with Gasteiger partial charge >= 0.3 is 0 Å². The topological polar surface area (TPSA) is 114 Å². The number of thiazole rings is 1. The van der Waals surface area contributed by atoms with Gasteiger partial charge in [0, 0.05) is 39.9 Å². The fraction of sp³-hybridized carbons (Fsp3) is 0. The Morgan fingerprint density at radius 3 is 2.25 bits per heavy atom. The maximum absolute atomic E-state index is 12.4. The van der Waals surface area contributed by atoms with Gasteiger partial charge in [0.05, 0.1) is 10.6 Å². The van der Waals surface area contributed by atoms with Gasteiger partial charge in [0.25, 0.3) is 17.5 Å². The molecule has 4 aromatic rings. The van der Waals surface area contributed by atoms with Crippen molar-refractivity contribution in [2.24, 2.45) is 0 Å². The smallest absolute Gasteiger partial charge is 0.270 e.